The average Bonchev–Trinajstić information content (AvgIpc) is 2.66. The minimum atomic E-state index is -1.35. The molecular formula is C19H24O8. The molecule has 1 saturated heterocycles. The van der Waals surface area contributed by atoms with Crippen LogP contribution in [0.4, 0.5) is 0 Å². The molecule has 0 unspecified atom stereocenters. The molecule has 0 amide bonds. The maximum absolute atomic E-state index is 12.3. The van der Waals surface area contributed by atoms with E-state index < -0.39 is 42.6 Å². The Morgan fingerprint density at radius 1 is 1.07 bits per heavy atom. The van der Waals surface area contributed by atoms with Gasteiger partial charge in [-0.25, -0.2) is 4.79 Å². The molecule has 2 rings (SSSR count). The van der Waals surface area contributed by atoms with Crippen molar-refractivity contribution < 1.29 is 38.4 Å². The lowest BCUT2D eigenvalue weighted by atomic mass is 9.99. The van der Waals surface area contributed by atoms with Gasteiger partial charge in [0.25, 0.3) is 0 Å². The molecule has 27 heavy (non-hydrogen) atoms. The van der Waals surface area contributed by atoms with E-state index in [1.807, 2.05) is 0 Å². The number of carbonyl (C=O) groups excluding carboxylic acids is 3. The summed E-state index contributed by atoms with van der Waals surface area (Å²) in [6.07, 6.45) is -5.42. The summed E-state index contributed by atoms with van der Waals surface area (Å²) >= 11 is 0. The first-order valence-corrected chi connectivity index (χ1v) is 8.64. The topological polar surface area (TPSA) is 108 Å². The molecule has 1 aromatic rings. The number of methoxy groups -OCH3 is 1. The number of hydrogen-bond acceptors (Lipinski definition) is 8. The molecule has 8 nitrogen and oxygen atoms in total. The second kappa shape index (κ2) is 9.59. The van der Waals surface area contributed by atoms with Crippen molar-refractivity contribution >= 4 is 17.7 Å². The second-order valence-corrected chi connectivity index (χ2v) is 6.33. The Balaban J connectivity index is 2.08. The monoisotopic (exact) mass is 380 g/mol. The lowest BCUT2D eigenvalue weighted by Gasteiger charge is -2.41. The van der Waals surface area contributed by atoms with E-state index >= 15 is 0 Å². The Morgan fingerprint density at radius 3 is 2.33 bits per heavy atom. The first kappa shape index (κ1) is 21.0. The third-order valence-electron chi connectivity index (χ3n) is 4.19. The molecule has 1 aromatic carbocycles. The summed E-state index contributed by atoms with van der Waals surface area (Å²) in [6, 6.07) is 8.31. The van der Waals surface area contributed by atoms with E-state index in [-0.39, 0.29) is 18.6 Å². The Kier molecular flexibility index (Phi) is 7.46. The zero-order chi connectivity index (χ0) is 20.0. The minimum Gasteiger partial charge on any atom is -0.454 e. The maximum atomic E-state index is 12.3. The third kappa shape index (κ3) is 5.59. The summed E-state index contributed by atoms with van der Waals surface area (Å²) in [5.74, 6) is -1.46. The van der Waals surface area contributed by atoms with E-state index in [2.05, 4.69) is 0 Å². The lowest BCUT2D eigenvalue weighted by Crippen LogP contribution is -2.59. The van der Waals surface area contributed by atoms with Crippen molar-refractivity contribution in [1.82, 2.24) is 0 Å². The number of aliphatic hydroxyl groups is 1. The molecule has 1 heterocycles. The van der Waals surface area contributed by atoms with E-state index in [0.29, 0.717) is 5.56 Å². The van der Waals surface area contributed by atoms with Crippen LogP contribution in [0.25, 0.3) is 0 Å². The number of rotatable bonds is 7. The molecule has 1 aliphatic heterocycles. The van der Waals surface area contributed by atoms with Gasteiger partial charge in [0.2, 0.25) is 0 Å². The Morgan fingerprint density at radius 2 is 1.74 bits per heavy atom. The highest BCUT2D eigenvalue weighted by Gasteiger charge is 2.48. The van der Waals surface area contributed by atoms with E-state index in [0.717, 1.165) is 0 Å². The summed E-state index contributed by atoms with van der Waals surface area (Å²) in [5.41, 5.74) is 0.320. The van der Waals surface area contributed by atoms with Crippen LogP contribution in [0.15, 0.2) is 30.3 Å². The number of ketones is 1. The predicted octanol–water partition coefficient (Wildman–Crippen LogP) is 1.25. The smallest absolute Gasteiger partial charge is 0.338 e. The first-order chi connectivity index (χ1) is 12.8. The van der Waals surface area contributed by atoms with Gasteiger partial charge in [-0.2, -0.15) is 0 Å². The zero-order valence-electron chi connectivity index (χ0n) is 15.5. The number of benzene rings is 1. The van der Waals surface area contributed by atoms with Crippen LogP contribution >= 0.6 is 0 Å². The fraction of sp³-hybridized carbons (Fsp3) is 0.526. The average molecular weight is 380 g/mol. The molecule has 0 aliphatic carbocycles. The highest BCUT2D eigenvalue weighted by atomic mass is 16.7. The van der Waals surface area contributed by atoms with Gasteiger partial charge in [0.1, 0.15) is 11.9 Å². The molecule has 0 aromatic heterocycles. The van der Waals surface area contributed by atoms with E-state index in [1.165, 1.54) is 14.0 Å². The second-order valence-electron chi connectivity index (χ2n) is 6.33. The zero-order valence-corrected chi connectivity index (χ0v) is 15.5. The number of ether oxygens (including phenoxy) is 4. The van der Waals surface area contributed by atoms with Crippen molar-refractivity contribution in [2.45, 2.75) is 57.4 Å². The van der Waals surface area contributed by atoms with E-state index in [1.54, 1.807) is 37.3 Å². The summed E-state index contributed by atoms with van der Waals surface area (Å²) in [7, 11) is 1.34. The fourth-order valence-electron chi connectivity index (χ4n) is 2.73. The SMILES string of the molecule is CO[C@H]1O[C@H](C)[C@@H](OC(=O)c2ccccc2)[C@H](O)[C@@H]1OC(=O)CCC(C)=O. The molecule has 0 bridgehead atoms. The van der Waals surface area contributed by atoms with Gasteiger partial charge in [-0.15, -0.1) is 0 Å². The molecular weight excluding hydrogens is 356 g/mol. The van der Waals surface area contributed by atoms with Crippen molar-refractivity contribution in [1.29, 1.82) is 0 Å². The number of esters is 2. The minimum absolute atomic E-state index is 0.0307. The van der Waals surface area contributed by atoms with Crippen LogP contribution in [0, 0.1) is 0 Å². The number of aliphatic hydroxyl groups excluding tert-OH is 1. The van der Waals surface area contributed by atoms with Crippen LogP contribution < -0.4 is 0 Å². The van der Waals surface area contributed by atoms with Gasteiger partial charge in [-0.1, -0.05) is 18.2 Å². The van der Waals surface area contributed by atoms with Gasteiger partial charge >= 0.3 is 11.9 Å². The maximum Gasteiger partial charge on any atom is 0.338 e. The van der Waals surface area contributed by atoms with Crippen molar-refractivity contribution in [2.75, 3.05) is 7.11 Å². The molecule has 148 valence electrons. The molecule has 1 N–H and O–H groups in total. The van der Waals surface area contributed by atoms with Gasteiger partial charge < -0.3 is 28.8 Å². The number of carbonyl (C=O) groups is 3. The van der Waals surface area contributed by atoms with Crippen LogP contribution in [0.1, 0.15) is 37.0 Å². The summed E-state index contributed by atoms with van der Waals surface area (Å²) in [5, 5.41) is 10.6. The van der Waals surface area contributed by atoms with E-state index in [4.69, 9.17) is 18.9 Å². The molecule has 0 spiro atoms. The number of hydrogen-bond donors (Lipinski definition) is 1. The van der Waals surface area contributed by atoms with Crippen molar-refractivity contribution in [3.05, 3.63) is 35.9 Å². The Bertz CT molecular complexity index is 659. The van der Waals surface area contributed by atoms with Crippen LogP contribution in [0.5, 0.6) is 0 Å². The Hall–Kier alpha value is -2.29. The normalized spacial score (nSPS) is 27.6. The van der Waals surface area contributed by atoms with E-state index in [9.17, 15) is 19.5 Å². The lowest BCUT2D eigenvalue weighted by molar-refractivity contribution is -0.289. The summed E-state index contributed by atoms with van der Waals surface area (Å²) in [4.78, 5) is 35.3. The summed E-state index contributed by atoms with van der Waals surface area (Å²) in [6.45, 7) is 2.98. The van der Waals surface area contributed by atoms with Gasteiger partial charge in [0, 0.05) is 13.5 Å². The van der Waals surface area contributed by atoms with Crippen LogP contribution in [-0.2, 0) is 28.5 Å². The number of Topliss-reactive ketones (excluding diaryl/α,β-unsaturated/α-hetero) is 1. The van der Waals surface area contributed by atoms with Crippen LogP contribution in [0.2, 0.25) is 0 Å². The van der Waals surface area contributed by atoms with Gasteiger partial charge in [-0.05, 0) is 26.0 Å². The largest absolute Gasteiger partial charge is 0.454 e. The van der Waals surface area contributed by atoms with Crippen molar-refractivity contribution in [2.24, 2.45) is 0 Å². The summed E-state index contributed by atoms with van der Waals surface area (Å²) < 4.78 is 21.4. The first-order valence-electron chi connectivity index (χ1n) is 8.64. The predicted molar refractivity (Wildman–Crippen MR) is 92.8 cm³/mol. The molecule has 0 radical (unpaired) electrons. The standard InChI is InChI=1S/C19H24O8/c1-11(20)9-10-14(21)26-17-15(22)16(12(2)25-19(17)24-3)27-18(23)13-7-5-4-6-8-13/h4-8,12,15-17,19,22H,9-10H2,1-3H3/t12-,15+,16-,17+,19+/m1/s1. The molecule has 8 heteroatoms. The molecule has 5 atom stereocenters. The Labute approximate surface area is 157 Å². The highest BCUT2D eigenvalue weighted by molar-refractivity contribution is 5.89. The molecule has 0 saturated carbocycles. The highest BCUT2D eigenvalue weighted by Crippen LogP contribution is 2.27. The van der Waals surface area contributed by atoms with Crippen molar-refractivity contribution in [3.63, 3.8) is 0 Å². The van der Waals surface area contributed by atoms with Gasteiger partial charge in [0.05, 0.1) is 18.1 Å². The van der Waals surface area contributed by atoms with Crippen molar-refractivity contribution in [3.8, 4) is 0 Å². The molecule has 1 aliphatic rings. The van der Waals surface area contributed by atoms with Crippen LogP contribution in [-0.4, -0.2) is 60.6 Å². The van der Waals surface area contributed by atoms with Crippen LogP contribution in [0.3, 0.4) is 0 Å². The van der Waals surface area contributed by atoms with Gasteiger partial charge in [0.15, 0.2) is 18.5 Å². The third-order valence-corrected chi connectivity index (χ3v) is 4.19. The fourth-order valence-corrected chi connectivity index (χ4v) is 2.73. The quantitative estimate of drug-likeness (QED) is 0.704. The molecule has 1 fully saturated rings. The van der Waals surface area contributed by atoms with Gasteiger partial charge in [-0.3, -0.25) is 4.79 Å².